The number of nitrogens with zero attached hydrogens (tertiary/aromatic N) is 2. The fraction of sp³-hybridized carbons (Fsp3) is 0.632. The Morgan fingerprint density at radius 3 is 2.44 bits per heavy atom. The molecule has 0 saturated carbocycles. The van der Waals surface area contributed by atoms with Gasteiger partial charge in [0.15, 0.2) is 0 Å². The second kappa shape index (κ2) is 5.81. The highest BCUT2D eigenvalue weighted by atomic mass is 32.2. The van der Waals surface area contributed by atoms with Crippen molar-refractivity contribution < 1.29 is 13.2 Å². The van der Waals surface area contributed by atoms with Crippen molar-refractivity contribution in [3.8, 4) is 0 Å². The molecule has 0 aromatic heterocycles. The van der Waals surface area contributed by atoms with Crippen molar-refractivity contribution in [1.29, 1.82) is 0 Å². The number of hydrogen-bond acceptors (Lipinski definition) is 3. The molecule has 25 heavy (non-hydrogen) atoms. The van der Waals surface area contributed by atoms with Gasteiger partial charge >= 0.3 is 0 Å². The summed E-state index contributed by atoms with van der Waals surface area (Å²) in [4.78, 5) is 14.7. The van der Waals surface area contributed by atoms with Gasteiger partial charge in [-0.15, -0.1) is 0 Å². The summed E-state index contributed by atoms with van der Waals surface area (Å²) < 4.78 is 28.2. The molecule has 1 aromatic carbocycles. The molecule has 0 spiro atoms. The molecule has 6 heteroatoms. The highest BCUT2D eigenvalue weighted by molar-refractivity contribution is 7.89. The molecule has 3 atom stereocenters. The van der Waals surface area contributed by atoms with Crippen molar-refractivity contribution in [3.05, 3.63) is 23.3 Å². The third-order valence-electron chi connectivity index (χ3n) is 5.87. The summed E-state index contributed by atoms with van der Waals surface area (Å²) in [5.41, 5.74) is 2.88. The highest BCUT2D eigenvalue weighted by Crippen LogP contribution is 2.44. The van der Waals surface area contributed by atoms with Crippen LogP contribution in [0.5, 0.6) is 0 Å². The summed E-state index contributed by atoms with van der Waals surface area (Å²) in [6.07, 6.45) is 2.81. The third-order valence-corrected chi connectivity index (χ3v) is 7.68. The first-order chi connectivity index (χ1) is 11.8. The van der Waals surface area contributed by atoms with Gasteiger partial charge in [-0.2, -0.15) is 4.31 Å². The maximum atomic E-state index is 13.3. The number of benzene rings is 1. The number of anilines is 1. The molecule has 0 unspecified atom stereocenters. The van der Waals surface area contributed by atoms with Gasteiger partial charge in [0.25, 0.3) is 0 Å². The lowest BCUT2D eigenvalue weighted by Gasteiger charge is -2.34. The maximum Gasteiger partial charge on any atom is 0.243 e. The molecule has 136 valence electrons. The van der Waals surface area contributed by atoms with E-state index in [-0.39, 0.29) is 11.8 Å². The van der Waals surface area contributed by atoms with Crippen LogP contribution in [-0.2, 0) is 21.2 Å². The van der Waals surface area contributed by atoms with Crippen molar-refractivity contribution in [2.45, 2.75) is 50.8 Å². The highest BCUT2D eigenvalue weighted by Gasteiger charge is 2.40. The average Bonchev–Trinajstić information content (AvgIpc) is 2.81. The number of hydrogen-bond donors (Lipinski definition) is 0. The van der Waals surface area contributed by atoms with Crippen LogP contribution < -0.4 is 4.90 Å². The van der Waals surface area contributed by atoms with E-state index in [1.807, 2.05) is 17.9 Å². The molecule has 1 aromatic rings. The van der Waals surface area contributed by atoms with Crippen molar-refractivity contribution in [2.75, 3.05) is 24.5 Å². The zero-order valence-electron chi connectivity index (χ0n) is 15.2. The molecule has 1 fully saturated rings. The lowest BCUT2D eigenvalue weighted by Crippen LogP contribution is -2.42. The predicted molar refractivity (Wildman–Crippen MR) is 97.2 cm³/mol. The lowest BCUT2D eigenvalue weighted by atomic mass is 9.94. The normalized spacial score (nSPS) is 29.8. The minimum Gasteiger partial charge on any atom is -0.311 e. The molecule has 1 saturated heterocycles. The Hall–Kier alpha value is -1.40. The molecule has 3 heterocycles. The van der Waals surface area contributed by atoms with Gasteiger partial charge in [0.05, 0.1) is 16.5 Å². The molecule has 3 aliphatic rings. The lowest BCUT2D eigenvalue weighted by molar-refractivity contribution is -0.119. The molecule has 5 nitrogen and oxygen atoms in total. The van der Waals surface area contributed by atoms with Crippen LogP contribution in [0.25, 0.3) is 0 Å². The molecular formula is C19H26N2O3S. The Balaban J connectivity index is 1.78. The fourth-order valence-electron chi connectivity index (χ4n) is 4.77. The minimum absolute atomic E-state index is 0.103. The zero-order valence-corrected chi connectivity index (χ0v) is 16.0. The quantitative estimate of drug-likeness (QED) is 0.813. The summed E-state index contributed by atoms with van der Waals surface area (Å²) >= 11 is 0. The van der Waals surface area contributed by atoms with Gasteiger partial charge < -0.3 is 4.90 Å². The molecule has 1 amide bonds. The van der Waals surface area contributed by atoms with E-state index in [0.29, 0.717) is 29.8 Å². The maximum absolute atomic E-state index is 13.3. The van der Waals surface area contributed by atoms with Crippen molar-refractivity contribution >= 4 is 21.6 Å². The Bertz CT molecular complexity index is 823. The van der Waals surface area contributed by atoms with Crippen LogP contribution in [0.15, 0.2) is 17.0 Å². The standard InChI is InChI=1S/C19H26N2O3S/c1-12-7-13(2)11-20(10-12)25(23,24)16-8-15-5-4-6-21-18(15)17(9-16)14(3)19(21)22/h8-9,12-14H,4-7,10-11H2,1-3H3/t12-,13+,14-/m1/s1. The van der Waals surface area contributed by atoms with E-state index in [1.165, 1.54) is 0 Å². The van der Waals surface area contributed by atoms with Gasteiger partial charge in [-0.3, -0.25) is 4.79 Å². The van der Waals surface area contributed by atoms with E-state index in [1.54, 1.807) is 10.4 Å². The smallest absolute Gasteiger partial charge is 0.243 e. The summed E-state index contributed by atoms with van der Waals surface area (Å²) in [7, 11) is -3.51. The topological polar surface area (TPSA) is 57.7 Å². The molecule has 0 radical (unpaired) electrons. The van der Waals surface area contributed by atoms with E-state index < -0.39 is 10.0 Å². The number of carbonyl (C=O) groups is 1. The molecular weight excluding hydrogens is 336 g/mol. The van der Waals surface area contributed by atoms with Crippen LogP contribution in [-0.4, -0.2) is 38.3 Å². The number of carbonyl (C=O) groups excluding carboxylic acids is 1. The SMILES string of the molecule is C[C@@H]1C[C@H](C)CN(S(=O)(=O)c2cc3c4c(c2)[C@@H](C)C(=O)N4CCC3)C1. The minimum atomic E-state index is -3.51. The summed E-state index contributed by atoms with van der Waals surface area (Å²) in [6, 6.07) is 3.57. The van der Waals surface area contributed by atoms with E-state index in [4.69, 9.17) is 0 Å². The van der Waals surface area contributed by atoms with Gasteiger partial charge in [0, 0.05) is 19.6 Å². The van der Waals surface area contributed by atoms with Crippen LogP contribution in [0.2, 0.25) is 0 Å². The van der Waals surface area contributed by atoms with Gasteiger partial charge in [-0.25, -0.2) is 8.42 Å². The largest absolute Gasteiger partial charge is 0.311 e. The Labute approximate surface area is 150 Å². The van der Waals surface area contributed by atoms with Crippen LogP contribution in [0.4, 0.5) is 5.69 Å². The molecule has 4 rings (SSSR count). The van der Waals surface area contributed by atoms with Gasteiger partial charge in [-0.1, -0.05) is 13.8 Å². The van der Waals surface area contributed by atoms with Crippen molar-refractivity contribution in [3.63, 3.8) is 0 Å². The first-order valence-electron chi connectivity index (χ1n) is 9.27. The molecule has 3 aliphatic heterocycles. The fourth-order valence-corrected chi connectivity index (χ4v) is 6.53. The first-order valence-corrected chi connectivity index (χ1v) is 10.7. The first kappa shape index (κ1) is 17.0. The molecule has 0 bridgehead atoms. The van der Waals surface area contributed by atoms with Crippen molar-refractivity contribution in [1.82, 2.24) is 4.31 Å². The van der Waals surface area contributed by atoms with Crippen molar-refractivity contribution in [2.24, 2.45) is 11.8 Å². The molecule has 0 N–H and O–H groups in total. The Kier molecular flexibility index (Phi) is 3.96. The van der Waals surface area contributed by atoms with E-state index in [2.05, 4.69) is 13.8 Å². The third kappa shape index (κ3) is 2.61. The summed E-state index contributed by atoms with van der Waals surface area (Å²) in [6.45, 7) is 8.03. The van der Waals surface area contributed by atoms with E-state index in [0.717, 1.165) is 42.6 Å². The van der Waals surface area contributed by atoms with Gasteiger partial charge in [-0.05, 0) is 61.3 Å². The average molecular weight is 362 g/mol. The van der Waals surface area contributed by atoms with Crippen LogP contribution in [0, 0.1) is 11.8 Å². The summed E-state index contributed by atoms with van der Waals surface area (Å²) in [5, 5.41) is 0. The number of sulfonamides is 1. The number of amides is 1. The van der Waals surface area contributed by atoms with Crippen LogP contribution in [0.1, 0.15) is 50.7 Å². The zero-order chi connectivity index (χ0) is 17.9. The van der Waals surface area contributed by atoms with Crippen LogP contribution in [0.3, 0.4) is 0 Å². The van der Waals surface area contributed by atoms with E-state index in [9.17, 15) is 13.2 Å². The number of rotatable bonds is 2. The van der Waals surface area contributed by atoms with Gasteiger partial charge in [0.1, 0.15) is 0 Å². The van der Waals surface area contributed by atoms with Crippen LogP contribution >= 0.6 is 0 Å². The number of aryl methyl sites for hydroxylation is 1. The number of piperidine rings is 1. The predicted octanol–water partition coefficient (Wildman–Crippen LogP) is 2.75. The summed E-state index contributed by atoms with van der Waals surface area (Å²) in [5.74, 6) is 0.608. The Morgan fingerprint density at radius 1 is 1.08 bits per heavy atom. The second-order valence-electron chi connectivity index (χ2n) is 8.10. The monoisotopic (exact) mass is 362 g/mol. The van der Waals surface area contributed by atoms with E-state index >= 15 is 0 Å². The Morgan fingerprint density at radius 2 is 1.76 bits per heavy atom. The second-order valence-corrected chi connectivity index (χ2v) is 10.0. The van der Waals surface area contributed by atoms with Gasteiger partial charge in [0.2, 0.25) is 15.9 Å². The molecule has 0 aliphatic carbocycles.